The van der Waals surface area contributed by atoms with Crippen LogP contribution >= 0.6 is 11.3 Å². The normalized spacial score (nSPS) is 16.1. The van der Waals surface area contributed by atoms with Crippen molar-refractivity contribution < 1.29 is 19.4 Å². The average Bonchev–Trinajstić information content (AvgIpc) is 3.25. The number of amides is 1. The minimum absolute atomic E-state index is 0.0772. The van der Waals surface area contributed by atoms with Crippen molar-refractivity contribution in [2.24, 2.45) is 0 Å². The highest BCUT2D eigenvalue weighted by Crippen LogP contribution is 2.26. The van der Waals surface area contributed by atoms with Crippen molar-refractivity contribution in [1.29, 1.82) is 0 Å². The van der Waals surface area contributed by atoms with E-state index in [-0.39, 0.29) is 23.0 Å². The molecule has 0 bridgehead atoms. The Kier molecular flexibility index (Phi) is 5.53. The van der Waals surface area contributed by atoms with E-state index in [2.05, 4.69) is 4.98 Å². The molecule has 7 nitrogen and oxygen atoms in total. The summed E-state index contributed by atoms with van der Waals surface area (Å²) in [7, 11) is 0. The summed E-state index contributed by atoms with van der Waals surface area (Å²) in [5, 5.41) is 9.67. The Balaban J connectivity index is 1.27. The second kappa shape index (κ2) is 8.40. The minimum Gasteiger partial charge on any atom is -0.494 e. The number of H-pyrrole nitrogens is 1. The Labute approximate surface area is 171 Å². The molecule has 3 aromatic rings. The molecule has 0 spiro atoms. The van der Waals surface area contributed by atoms with Gasteiger partial charge in [0.2, 0.25) is 5.88 Å². The Hall–Kier alpha value is -3.26. The van der Waals surface area contributed by atoms with Crippen LogP contribution in [0.1, 0.15) is 22.1 Å². The molecule has 29 heavy (non-hydrogen) atoms. The number of thiazole rings is 1. The van der Waals surface area contributed by atoms with Crippen LogP contribution in [0, 0.1) is 0 Å². The maximum absolute atomic E-state index is 12.1. The summed E-state index contributed by atoms with van der Waals surface area (Å²) in [6.07, 6.45) is -0.109. The number of carbonyl (C=O) groups is 1. The first-order valence-corrected chi connectivity index (χ1v) is 10.0. The van der Waals surface area contributed by atoms with E-state index >= 15 is 0 Å². The summed E-state index contributed by atoms with van der Waals surface area (Å²) < 4.78 is 11.2. The van der Waals surface area contributed by atoms with Gasteiger partial charge >= 0.3 is 11.0 Å². The summed E-state index contributed by atoms with van der Waals surface area (Å²) in [5.41, 5.74) is 1.94. The molecule has 8 heteroatoms. The molecule has 2 aromatic carbocycles. The van der Waals surface area contributed by atoms with Gasteiger partial charge in [-0.2, -0.15) is 0 Å². The SMILES string of the molecule is O=C1OC(c2ccccc2)CN1CCOc1ccc(Cc2sc(=O)[nH]c2O)cc1. The van der Waals surface area contributed by atoms with Crippen LogP contribution in [-0.4, -0.2) is 40.8 Å². The van der Waals surface area contributed by atoms with Gasteiger partial charge in [-0.05, 0) is 23.3 Å². The third-order valence-corrected chi connectivity index (χ3v) is 5.55. The van der Waals surface area contributed by atoms with Crippen molar-refractivity contribution in [2.45, 2.75) is 12.5 Å². The van der Waals surface area contributed by atoms with Crippen molar-refractivity contribution in [3.63, 3.8) is 0 Å². The highest BCUT2D eigenvalue weighted by molar-refractivity contribution is 7.09. The summed E-state index contributed by atoms with van der Waals surface area (Å²) in [6, 6.07) is 17.1. The molecular formula is C21H20N2O5S. The van der Waals surface area contributed by atoms with Gasteiger partial charge in [0.1, 0.15) is 18.5 Å². The fourth-order valence-electron chi connectivity index (χ4n) is 3.17. The topological polar surface area (TPSA) is 91.9 Å². The quantitative estimate of drug-likeness (QED) is 0.621. The Morgan fingerprint density at radius 1 is 1.14 bits per heavy atom. The summed E-state index contributed by atoms with van der Waals surface area (Å²) in [4.78, 5) is 27.6. The molecule has 0 saturated carbocycles. The zero-order chi connectivity index (χ0) is 20.2. The van der Waals surface area contributed by atoms with Gasteiger partial charge in [0, 0.05) is 6.42 Å². The first-order valence-electron chi connectivity index (χ1n) is 9.21. The maximum atomic E-state index is 12.1. The van der Waals surface area contributed by atoms with Crippen molar-refractivity contribution in [1.82, 2.24) is 9.88 Å². The van der Waals surface area contributed by atoms with E-state index in [1.807, 2.05) is 54.6 Å². The second-order valence-corrected chi connectivity index (χ2v) is 7.75. The molecule has 1 aliphatic heterocycles. The monoisotopic (exact) mass is 412 g/mol. The number of aromatic hydroxyl groups is 1. The Morgan fingerprint density at radius 2 is 1.90 bits per heavy atom. The third kappa shape index (κ3) is 4.60. The molecule has 150 valence electrons. The van der Waals surface area contributed by atoms with Gasteiger partial charge in [-0.3, -0.25) is 9.78 Å². The zero-order valence-electron chi connectivity index (χ0n) is 15.5. The average molecular weight is 412 g/mol. The lowest BCUT2D eigenvalue weighted by atomic mass is 10.1. The third-order valence-electron chi connectivity index (χ3n) is 4.68. The lowest BCUT2D eigenvalue weighted by molar-refractivity contribution is 0.130. The van der Waals surface area contributed by atoms with Crippen molar-refractivity contribution in [2.75, 3.05) is 19.7 Å². The fraction of sp³-hybridized carbons (Fsp3) is 0.238. The molecule has 0 aliphatic carbocycles. The van der Waals surface area contributed by atoms with Crippen molar-refractivity contribution in [3.8, 4) is 11.6 Å². The fourth-order valence-corrected chi connectivity index (χ4v) is 3.92. The standard InChI is InChI=1S/C21H20N2O5S/c24-19-18(29-20(25)22-19)12-14-6-8-16(9-7-14)27-11-10-23-13-17(28-21(23)26)15-4-2-1-3-5-15/h1-9,17,24H,10-13H2,(H,22,25). The van der Waals surface area contributed by atoms with Crippen LogP contribution in [0.2, 0.25) is 0 Å². The van der Waals surface area contributed by atoms with Gasteiger partial charge in [-0.25, -0.2) is 4.79 Å². The molecule has 4 rings (SSSR count). The smallest absolute Gasteiger partial charge is 0.410 e. The van der Waals surface area contributed by atoms with Gasteiger partial charge < -0.3 is 19.5 Å². The van der Waals surface area contributed by atoms with E-state index in [1.165, 1.54) is 0 Å². The van der Waals surface area contributed by atoms with E-state index in [4.69, 9.17) is 9.47 Å². The number of aromatic nitrogens is 1. The largest absolute Gasteiger partial charge is 0.494 e. The van der Waals surface area contributed by atoms with Crippen LogP contribution in [0.3, 0.4) is 0 Å². The molecule has 1 amide bonds. The number of hydrogen-bond donors (Lipinski definition) is 2. The molecule has 2 N–H and O–H groups in total. The zero-order valence-corrected chi connectivity index (χ0v) is 16.4. The van der Waals surface area contributed by atoms with E-state index < -0.39 is 0 Å². The van der Waals surface area contributed by atoms with Crippen LogP contribution in [-0.2, 0) is 11.2 Å². The number of hydrogen-bond acceptors (Lipinski definition) is 6. The first-order chi connectivity index (χ1) is 14.1. The van der Waals surface area contributed by atoms with Crippen LogP contribution in [0.15, 0.2) is 59.4 Å². The van der Waals surface area contributed by atoms with E-state index in [0.29, 0.717) is 36.7 Å². The highest BCUT2D eigenvalue weighted by Gasteiger charge is 2.31. The molecule has 0 radical (unpaired) electrons. The van der Waals surface area contributed by atoms with Gasteiger partial charge in [-0.1, -0.05) is 53.8 Å². The van der Waals surface area contributed by atoms with Gasteiger partial charge in [0.05, 0.1) is 18.0 Å². The molecular weight excluding hydrogens is 392 g/mol. The molecule has 1 atom stereocenters. The molecule has 2 heterocycles. The second-order valence-electron chi connectivity index (χ2n) is 6.68. The number of aromatic amines is 1. The van der Waals surface area contributed by atoms with Crippen LogP contribution in [0.5, 0.6) is 11.6 Å². The van der Waals surface area contributed by atoms with Crippen LogP contribution in [0.4, 0.5) is 4.79 Å². The maximum Gasteiger partial charge on any atom is 0.410 e. The number of benzene rings is 2. The van der Waals surface area contributed by atoms with E-state index in [9.17, 15) is 14.7 Å². The summed E-state index contributed by atoms with van der Waals surface area (Å²) >= 11 is 0.998. The molecule has 1 aliphatic rings. The number of cyclic esters (lactones) is 1. The van der Waals surface area contributed by atoms with E-state index in [1.54, 1.807) is 4.90 Å². The molecule has 1 saturated heterocycles. The number of rotatable bonds is 7. The predicted molar refractivity (Wildman–Crippen MR) is 109 cm³/mol. The lowest BCUT2D eigenvalue weighted by Gasteiger charge is -2.14. The van der Waals surface area contributed by atoms with Crippen LogP contribution in [0.25, 0.3) is 0 Å². The predicted octanol–water partition coefficient (Wildman–Crippen LogP) is 3.31. The molecule has 1 fully saturated rings. The number of nitrogens with one attached hydrogen (secondary N) is 1. The summed E-state index contributed by atoms with van der Waals surface area (Å²) in [6.45, 7) is 1.31. The van der Waals surface area contributed by atoms with Gasteiger partial charge in [0.15, 0.2) is 0 Å². The van der Waals surface area contributed by atoms with Crippen LogP contribution < -0.4 is 9.61 Å². The molecule has 1 unspecified atom stereocenters. The Bertz CT molecular complexity index is 1030. The Morgan fingerprint density at radius 3 is 2.59 bits per heavy atom. The van der Waals surface area contributed by atoms with Gasteiger partial charge in [-0.15, -0.1) is 0 Å². The first kappa shape index (κ1) is 19.1. The van der Waals surface area contributed by atoms with Crippen molar-refractivity contribution >= 4 is 17.4 Å². The van der Waals surface area contributed by atoms with Crippen molar-refractivity contribution in [3.05, 3.63) is 80.3 Å². The summed E-state index contributed by atoms with van der Waals surface area (Å²) in [5.74, 6) is 0.610. The number of nitrogens with zero attached hydrogens (tertiary/aromatic N) is 1. The number of carbonyl (C=O) groups excluding carboxylic acids is 1. The lowest BCUT2D eigenvalue weighted by Crippen LogP contribution is -2.29. The minimum atomic E-state index is -0.330. The number of ether oxygens (including phenoxy) is 2. The highest BCUT2D eigenvalue weighted by atomic mass is 32.1. The molecule has 1 aromatic heterocycles. The van der Waals surface area contributed by atoms with E-state index in [0.717, 1.165) is 22.5 Å². The van der Waals surface area contributed by atoms with Gasteiger partial charge in [0.25, 0.3) is 0 Å².